The molecule has 0 amide bonds. The number of halogens is 2. The highest BCUT2D eigenvalue weighted by atomic mass is 35.5. The number of pyridine rings is 1. The van der Waals surface area contributed by atoms with E-state index in [-0.39, 0.29) is 17.3 Å². The molecular weight excluding hydrogens is 431 g/mol. The van der Waals surface area contributed by atoms with Gasteiger partial charge in [-0.2, -0.15) is 0 Å². The van der Waals surface area contributed by atoms with Crippen molar-refractivity contribution in [3.8, 4) is 5.75 Å². The van der Waals surface area contributed by atoms with Gasteiger partial charge in [0.15, 0.2) is 11.6 Å². The van der Waals surface area contributed by atoms with Crippen molar-refractivity contribution in [2.24, 2.45) is 0 Å². The summed E-state index contributed by atoms with van der Waals surface area (Å²) in [4.78, 5) is 4.27. The van der Waals surface area contributed by atoms with Crippen LogP contribution in [-0.4, -0.2) is 13.4 Å². The topological polar surface area (TPSA) is 68.3 Å². The smallest absolute Gasteiger partial charge is 0.263 e. The summed E-state index contributed by atoms with van der Waals surface area (Å²) < 4.78 is 33.8. The van der Waals surface area contributed by atoms with Gasteiger partial charge in [-0.1, -0.05) is 55.2 Å². The van der Waals surface area contributed by atoms with Crippen LogP contribution in [0.4, 0.5) is 5.82 Å². The van der Waals surface area contributed by atoms with E-state index >= 15 is 0 Å². The fraction of sp³-hybridized carbons (Fsp3) is 0.190. The van der Waals surface area contributed by atoms with Crippen LogP contribution >= 0.6 is 23.2 Å². The van der Waals surface area contributed by atoms with E-state index in [0.29, 0.717) is 21.7 Å². The second-order valence-electron chi connectivity index (χ2n) is 6.72. The zero-order chi connectivity index (χ0) is 21.0. The largest absolute Gasteiger partial charge is 0.485 e. The molecule has 0 bridgehead atoms. The fourth-order valence-corrected chi connectivity index (χ4v) is 3.93. The predicted molar refractivity (Wildman–Crippen MR) is 116 cm³/mol. The highest BCUT2D eigenvalue weighted by Gasteiger charge is 2.18. The molecule has 0 fully saturated rings. The molecule has 2 aromatic carbocycles. The van der Waals surface area contributed by atoms with Crippen molar-refractivity contribution in [1.29, 1.82) is 0 Å². The van der Waals surface area contributed by atoms with E-state index < -0.39 is 10.0 Å². The lowest BCUT2D eigenvalue weighted by Gasteiger charge is -2.13. The molecule has 5 nitrogen and oxygen atoms in total. The van der Waals surface area contributed by atoms with Crippen molar-refractivity contribution in [1.82, 2.24) is 4.98 Å². The van der Waals surface area contributed by atoms with E-state index in [0.717, 1.165) is 11.1 Å². The predicted octanol–water partition coefficient (Wildman–Crippen LogP) is 5.89. The summed E-state index contributed by atoms with van der Waals surface area (Å²) in [6.45, 7) is 4.28. The van der Waals surface area contributed by atoms with Gasteiger partial charge in [-0.3, -0.25) is 4.72 Å². The zero-order valence-electron chi connectivity index (χ0n) is 15.9. The molecule has 0 aliphatic rings. The monoisotopic (exact) mass is 450 g/mol. The van der Waals surface area contributed by atoms with Crippen LogP contribution in [0.2, 0.25) is 10.0 Å². The van der Waals surface area contributed by atoms with E-state index in [9.17, 15) is 8.42 Å². The van der Waals surface area contributed by atoms with Gasteiger partial charge >= 0.3 is 0 Å². The fourth-order valence-electron chi connectivity index (χ4n) is 2.59. The first-order valence-corrected chi connectivity index (χ1v) is 11.1. The van der Waals surface area contributed by atoms with E-state index in [2.05, 4.69) is 9.71 Å². The number of anilines is 1. The third-order valence-corrected chi connectivity index (χ3v) is 6.33. The minimum absolute atomic E-state index is 0.112. The number of nitrogens with zero attached hydrogens (tertiary/aromatic N) is 1. The van der Waals surface area contributed by atoms with Gasteiger partial charge in [0.1, 0.15) is 6.61 Å². The van der Waals surface area contributed by atoms with Gasteiger partial charge in [0.2, 0.25) is 0 Å². The summed E-state index contributed by atoms with van der Waals surface area (Å²) >= 11 is 11.9. The maximum Gasteiger partial charge on any atom is 0.263 e. The number of ether oxygens (including phenoxy) is 1. The van der Waals surface area contributed by atoms with Crippen LogP contribution in [0.15, 0.2) is 65.7 Å². The van der Waals surface area contributed by atoms with Gasteiger partial charge in [-0.25, -0.2) is 13.4 Å². The van der Waals surface area contributed by atoms with Crippen LogP contribution in [0.25, 0.3) is 0 Å². The minimum atomic E-state index is -3.80. The zero-order valence-corrected chi connectivity index (χ0v) is 18.2. The highest BCUT2D eigenvalue weighted by molar-refractivity contribution is 7.92. The summed E-state index contributed by atoms with van der Waals surface area (Å²) in [6.07, 6.45) is 1.49. The third kappa shape index (κ3) is 5.41. The molecule has 0 atom stereocenters. The Morgan fingerprint density at radius 3 is 2.41 bits per heavy atom. The molecule has 0 aliphatic heterocycles. The van der Waals surface area contributed by atoms with E-state index in [4.69, 9.17) is 27.9 Å². The summed E-state index contributed by atoms with van der Waals surface area (Å²) in [6, 6.07) is 15.2. The van der Waals surface area contributed by atoms with Crippen LogP contribution in [0.1, 0.15) is 30.9 Å². The molecule has 3 rings (SSSR count). The summed E-state index contributed by atoms with van der Waals surface area (Å²) in [5.41, 5.74) is 1.86. The Morgan fingerprint density at radius 2 is 1.76 bits per heavy atom. The van der Waals surface area contributed by atoms with Crippen LogP contribution in [-0.2, 0) is 16.6 Å². The van der Waals surface area contributed by atoms with Crippen molar-refractivity contribution in [3.63, 3.8) is 0 Å². The number of benzene rings is 2. The second-order valence-corrected chi connectivity index (χ2v) is 9.21. The number of nitrogens with one attached hydrogen (secondary N) is 1. The Hall–Kier alpha value is -2.28. The van der Waals surface area contributed by atoms with Gasteiger partial charge in [0.05, 0.1) is 14.9 Å². The van der Waals surface area contributed by atoms with Crippen LogP contribution < -0.4 is 9.46 Å². The van der Waals surface area contributed by atoms with Crippen molar-refractivity contribution < 1.29 is 13.2 Å². The Kier molecular flexibility index (Phi) is 6.67. The molecule has 1 N–H and O–H groups in total. The molecule has 0 aliphatic carbocycles. The lowest BCUT2D eigenvalue weighted by Crippen LogP contribution is -2.15. The molecule has 0 unspecified atom stereocenters. The quantitative estimate of drug-likeness (QED) is 0.486. The SMILES string of the molecule is CC(C)c1ccc(S(=O)(=O)Nc2ncccc2OCc2ccc(Cl)c(Cl)c2)cc1. The molecule has 152 valence electrons. The minimum Gasteiger partial charge on any atom is -0.485 e. The Labute approximate surface area is 180 Å². The Morgan fingerprint density at radius 1 is 1.03 bits per heavy atom. The number of hydrogen-bond donors (Lipinski definition) is 1. The average molecular weight is 451 g/mol. The third-order valence-electron chi connectivity index (χ3n) is 4.24. The molecule has 0 saturated carbocycles. The lowest BCUT2D eigenvalue weighted by atomic mass is 10.0. The summed E-state index contributed by atoms with van der Waals surface area (Å²) in [5, 5.41) is 0.874. The van der Waals surface area contributed by atoms with Gasteiger partial charge in [0, 0.05) is 6.20 Å². The molecule has 0 radical (unpaired) electrons. The van der Waals surface area contributed by atoms with E-state index in [1.54, 1.807) is 54.6 Å². The first-order valence-electron chi connectivity index (χ1n) is 8.91. The average Bonchev–Trinajstić information content (AvgIpc) is 2.69. The number of sulfonamides is 1. The standard InChI is InChI=1S/C21H20Cl2N2O3S/c1-14(2)16-6-8-17(9-7-16)29(26,27)25-21-20(4-3-11-24-21)28-13-15-5-10-18(22)19(23)12-15/h3-12,14H,13H2,1-2H3,(H,24,25). The highest BCUT2D eigenvalue weighted by Crippen LogP contribution is 2.27. The van der Waals surface area contributed by atoms with Crippen molar-refractivity contribution in [2.45, 2.75) is 31.3 Å². The maximum atomic E-state index is 12.8. The molecular formula is C21H20Cl2N2O3S. The molecule has 0 saturated heterocycles. The van der Waals surface area contributed by atoms with Crippen LogP contribution in [0, 0.1) is 0 Å². The van der Waals surface area contributed by atoms with E-state index in [1.165, 1.54) is 6.20 Å². The van der Waals surface area contributed by atoms with Gasteiger partial charge in [-0.15, -0.1) is 0 Å². The van der Waals surface area contributed by atoms with Crippen molar-refractivity contribution in [2.75, 3.05) is 4.72 Å². The molecule has 3 aromatic rings. The van der Waals surface area contributed by atoms with Gasteiger partial charge in [-0.05, 0) is 53.4 Å². The summed E-state index contributed by atoms with van der Waals surface area (Å²) in [5.74, 6) is 0.735. The second kappa shape index (κ2) is 9.03. The normalized spacial score (nSPS) is 11.5. The van der Waals surface area contributed by atoms with Crippen LogP contribution in [0.5, 0.6) is 5.75 Å². The molecule has 8 heteroatoms. The van der Waals surface area contributed by atoms with Gasteiger partial charge < -0.3 is 4.74 Å². The molecule has 29 heavy (non-hydrogen) atoms. The number of aromatic nitrogens is 1. The Bertz CT molecular complexity index is 1100. The molecule has 1 aromatic heterocycles. The molecule has 1 heterocycles. The lowest BCUT2D eigenvalue weighted by molar-refractivity contribution is 0.307. The van der Waals surface area contributed by atoms with E-state index in [1.807, 2.05) is 13.8 Å². The van der Waals surface area contributed by atoms with Gasteiger partial charge in [0.25, 0.3) is 10.0 Å². The maximum absolute atomic E-state index is 12.8. The number of rotatable bonds is 7. The van der Waals surface area contributed by atoms with Crippen molar-refractivity contribution >= 4 is 39.0 Å². The molecule has 0 spiro atoms. The first-order chi connectivity index (χ1) is 13.8. The van der Waals surface area contributed by atoms with Crippen LogP contribution in [0.3, 0.4) is 0 Å². The summed E-state index contributed by atoms with van der Waals surface area (Å²) in [7, 11) is -3.80. The first kappa shape index (κ1) is 21.4. The van der Waals surface area contributed by atoms with Crippen molar-refractivity contribution in [3.05, 3.63) is 82.0 Å². The Balaban J connectivity index is 1.78. The number of hydrogen-bond acceptors (Lipinski definition) is 4.